The van der Waals surface area contributed by atoms with E-state index in [1.54, 1.807) is 12.1 Å². The molecule has 162 valence electrons. The second kappa shape index (κ2) is 9.20. The Morgan fingerprint density at radius 1 is 1.00 bits per heavy atom. The summed E-state index contributed by atoms with van der Waals surface area (Å²) in [6, 6.07) is 12.9. The van der Waals surface area contributed by atoms with Gasteiger partial charge >= 0.3 is 0 Å². The maximum atomic E-state index is 10.4. The van der Waals surface area contributed by atoms with Gasteiger partial charge in [-0.3, -0.25) is 0 Å². The lowest BCUT2D eigenvalue weighted by Crippen LogP contribution is -2.55. The average Bonchev–Trinajstić information content (AvgIpc) is 3.58. The summed E-state index contributed by atoms with van der Waals surface area (Å²) in [5.74, 6) is 0.774. The van der Waals surface area contributed by atoms with Crippen molar-refractivity contribution in [3.05, 3.63) is 64.2 Å². The highest BCUT2D eigenvalue weighted by Crippen LogP contribution is 2.34. The summed E-state index contributed by atoms with van der Waals surface area (Å²) in [5.41, 5.74) is 2.46. The largest absolute Gasteiger partial charge is 0.491 e. The van der Waals surface area contributed by atoms with Crippen molar-refractivity contribution in [2.24, 2.45) is 0 Å². The van der Waals surface area contributed by atoms with Crippen molar-refractivity contribution >= 4 is 11.6 Å². The summed E-state index contributed by atoms with van der Waals surface area (Å²) in [7, 11) is 0. The lowest BCUT2D eigenvalue weighted by atomic mass is 9.90. The van der Waals surface area contributed by atoms with Gasteiger partial charge in [0, 0.05) is 5.02 Å². The summed E-state index contributed by atoms with van der Waals surface area (Å²) in [6.45, 7) is 0.830. The molecule has 0 saturated carbocycles. The first-order valence-electron chi connectivity index (χ1n) is 9.88. The van der Waals surface area contributed by atoms with E-state index in [1.165, 1.54) is 0 Å². The maximum Gasteiger partial charge on any atom is 0.119 e. The van der Waals surface area contributed by atoms with Gasteiger partial charge in [0.2, 0.25) is 0 Å². The van der Waals surface area contributed by atoms with E-state index in [2.05, 4.69) is 0 Å². The molecular formula is C22H25ClO7. The summed E-state index contributed by atoms with van der Waals surface area (Å²) < 4.78 is 16.4. The molecule has 0 aromatic heterocycles. The first-order valence-corrected chi connectivity index (χ1v) is 10.3. The van der Waals surface area contributed by atoms with Crippen molar-refractivity contribution in [2.45, 2.75) is 43.0 Å². The van der Waals surface area contributed by atoms with Gasteiger partial charge in [-0.15, -0.1) is 0 Å². The Bertz CT molecular complexity index is 853. The van der Waals surface area contributed by atoms with E-state index in [0.717, 1.165) is 23.5 Å². The van der Waals surface area contributed by atoms with Crippen molar-refractivity contribution in [3.8, 4) is 5.75 Å². The van der Waals surface area contributed by atoms with Gasteiger partial charge in [0.1, 0.15) is 49.0 Å². The van der Waals surface area contributed by atoms with Gasteiger partial charge in [0.15, 0.2) is 0 Å². The first kappa shape index (κ1) is 21.5. The molecule has 6 atom stereocenters. The fourth-order valence-electron chi connectivity index (χ4n) is 3.56. The molecule has 2 aliphatic heterocycles. The third kappa shape index (κ3) is 4.78. The first-order chi connectivity index (χ1) is 14.5. The zero-order valence-corrected chi connectivity index (χ0v) is 17.0. The van der Waals surface area contributed by atoms with Crippen LogP contribution >= 0.6 is 11.6 Å². The molecule has 0 aliphatic carbocycles. The van der Waals surface area contributed by atoms with Crippen molar-refractivity contribution in [3.63, 3.8) is 0 Å². The summed E-state index contributed by atoms with van der Waals surface area (Å²) in [6.07, 6.45) is -5.24. The van der Waals surface area contributed by atoms with Crippen LogP contribution in [0.25, 0.3) is 0 Å². The number of aliphatic hydroxyl groups is 4. The van der Waals surface area contributed by atoms with E-state index >= 15 is 0 Å². The van der Waals surface area contributed by atoms with Gasteiger partial charge in [-0.25, -0.2) is 0 Å². The van der Waals surface area contributed by atoms with Crippen LogP contribution in [-0.4, -0.2) is 70.8 Å². The summed E-state index contributed by atoms with van der Waals surface area (Å²) in [5, 5.41) is 40.4. The van der Waals surface area contributed by atoms with E-state index < -0.39 is 37.1 Å². The van der Waals surface area contributed by atoms with E-state index in [-0.39, 0.29) is 6.10 Å². The lowest BCUT2D eigenvalue weighted by molar-refractivity contribution is -0.231. The maximum absolute atomic E-state index is 10.4. The number of hydrogen-bond acceptors (Lipinski definition) is 7. The summed E-state index contributed by atoms with van der Waals surface area (Å²) >= 11 is 6.38. The molecule has 2 fully saturated rings. The van der Waals surface area contributed by atoms with Crippen LogP contribution in [0, 0.1) is 0 Å². The Morgan fingerprint density at radius 2 is 1.73 bits per heavy atom. The standard InChI is InChI=1S/C22H25ClO7/c23-17-6-3-13(22-21(27)20(26)19(25)18(9-24)30-22)8-14(17)7-12-1-4-15(5-2-12)28-10-16-11-29-16/h1-6,8,16,18-22,24-27H,7,9-11H2/t16-,18-,19-,20+,21-,22+/m1/s1. The normalized spacial score (nSPS) is 30.8. The molecule has 8 heteroatoms. The predicted octanol–water partition coefficient (Wildman–Crippen LogP) is 1.22. The quantitative estimate of drug-likeness (QED) is 0.483. The third-order valence-corrected chi connectivity index (χ3v) is 5.82. The molecule has 0 radical (unpaired) electrons. The molecule has 2 heterocycles. The lowest BCUT2D eigenvalue weighted by Gasteiger charge is -2.40. The van der Waals surface area contributed by atoms with E-state index in [4.69, 9.17) is 25.8 Å². The number of epoxide rings is 1. The highest BCUT2D eigenvalue weighted by Gasteiger charge is 2.44. The van der Waals surface area contributed by atoms with Gasteiger partial charge in [-0.2, -0.15) is 0 Å². The number of rotatable bonds is 7. The van der Waals surface area contributed by atoms with Crippen LogP contribution in [0.1, 0.15) is 22.8 Å². The molecule has 2 aliphatic rings. The fourth-order valence-corrected chi connectivity index (χ4v) is 3.75. The average molecular weight is 437 g/mol. The minimum atomic E-state index is -1.42. The molecule has 2 aromatic carbocycles. The van der Waals surface area contributed by atoms with Gasteiger partial charge < -0.3 is 34.6 Å². The Kier molecular flexibility index (Phi) is 6.60. The zero-order valence-electron chi connectivity index (χ0n) is 16.2. The van der Waals surface area contributed by atoms with Crippen LogP contribution in [0.15, 0.2) is 42.5 Å². The number of hydrogen-bond donors (Lipinski definition) is 4. The third-order valence-electron chi connectivity index (χ3n) is 5.45. The van der Waals surface area contributed by atoms with Crippen LogP contribution < -0.4 is 4.74 Å². The summed E-state index contributed by atoms with van der Waals surface area (Å²) in [4.78, 5) is 0. The molecule has 2 aromatic rings. The van der Waals surface area contributed by atoms with Crippen LogP contribution in [0.5, 0.6) is 5.75 Å². The van der Waals surface area contributed by atoms with E-state index in [1.807, 2.05) is 30.3 Å². The van der Waals surface area contributed by atoms with Crippen LogP contribution in [0.4, 0.5) is 0 Å². The Morgan fingerprint density at radius 3 is 2.40 bits per heavy atom. The van der Waals surface area contributed by atoms with Crippen LogP contribution in [0.2, 0.25) is 5.02 Å². The molecule has 0 unspecified atom stereocenters. The highest BCUT2D eigenvalue weighted by atomic mass is 35.5. The van der Waals surface area contributed by atoms with Gasteiger partial charge in [-0.1, -0.05) is 35.9 Å². The van der Waals surface area contributed by atoms with Gasteiger partial charge in [0.05, 0.1) is 13.2 Å². The molecule has 30 heavy (non-hydrogen) atoms. The number of aliphatic hydroxyl groups excluding tert-OH is 4. The Balaban J connectivity index is 1.48. The van der Waals surface area contributed by atoms with Crippen molar-refractivity contribution in [2.75, 3.05) is 19.8 Å². The number of ether oxygens (including phenoxy) is 3. The molecule has 2 saturated heterocycles. The number of halogens is 1. The SMILES string of the molecule is OC[C@H]1O[C@@H](c2ccc(Cl)c(Cc3ccc(OC[C@@H]4CO4)cc3)c2)[C@H](O)[C@@H](O)[C@@H]1O. The fraction of sp³-hybridized carbons (Fsp3) is 0.455. The highest BCUT2D eigenvalue weighted by molar-refractivity contribution is 6.31. The monoisotopic (exact) mass is 436 g/mol. The Hall–Kier alpha value is -1.71. The van der Waals surface area contributed by atoms with Crippen molar-refractivity contribution < 1.29 is 34.6 Å². The minimum Gasteiger partial charge on any atom is -0.491 e. The van der Waals surface area contributed by atoms with E-state index in [0.29, 0.717) is 23.6 Å². The molecule has 4 N–H and O–H groups in total. The minimum absolute atomic E-state index is 0.202. The predicted molar refractivity (Wildman–Crippen MR) is 109 cm³/mol. The van der Waals surface area contributed by atoms with Crippen molar-refractivity contribution in [1.82, 2.24) is 0 Å². The Labute approximate surface area is 179 Å². The number of benzene rings is 2. The van der Waals surface area contributed by atoms with Gasteiger partial charge in [-0.05, 0) is 41.3 Å². The smallest absolute Gasteiger partial charge is 0.119 e. The van der Waals surface area contributed by atoms with Crippen molar-refractivity contribution in [1.29, 1.82) is 0 Å². The molecule has 4 rings (SSSR count). The molecule has 7 nitrogen and oxygen atoms in total. The topological polar surface area (TPSA) is 112 Å². The van der Waals surface area contributed by atoms with Crippen LogP contribution in [-0.2, 0) is 15.9 Å². The van der Waals surface area contributed by atoms with Crippen LogP contribution in [0.3, 0.4) is 0 Å². The second-order valence-corrected chi connectivity index (χ2v) is 8.09. The zero-order chi connectivity index (χ0) is 21.3. The van der Waals surface area contributed by atoms with Gasteiger partial charge in [0.25, 0.3) is 0 Å². The second-order valence-electron chi connectivity index (χ2n) is 7.69. The van der Waals surface area contributed by atoms with E-state index in [9.17, 15) is 20.4 Å². The molecule has 0 amide bonds. The molecule has 0 bridgehead atoms. The molecule has 0 spiro atoms. The molecular weight excluding hydrogens is 412 g/mol.